The fourth-order valence-electron chi connectivity index (χ4n) is 1.45. The second-order valence-corrected chi connectivity index (χ2v) is 2.71. The summed E-state index contributed by atoms with van der Waals surface area (Å²) in [5, 5.41) is 12.1. The summed E-state index contributed by atoms with van der Waals surface area (Å²) in [6.07, 6.45) is 6.34. The molecule has 2 aliphatic heterocycles. The Labute approximate surface area is 59.5 Å². The molecule has 0 radical (unpaired) electrons. The summed E-state index contributed by atoms with van der Waals surface area (Å²) >= 11 is 0. The van der Waals surface area contributed by atoms with Gasteiger partial charge in [-0.15, -0.1) is 0 Å². The zero-order valence-electron chi connectivity index (χ0n) is 5.57. The fourth-order valence-corrected chi connectivity index (χ4v) is 1.45. The van der Waals surface area contributed by atoms with Gasteiger partial charge in [0.1, 0.15) is 12.4 Å². The molecule has 0 spiro atoms. The number of aliphatic imine (C=N–C) groups is 1. The quantitative estimate of drug-likeness (QED) is 0.490. The predicted octanol–water partition coefficient (Wildman–Crippen LogP) is -0.119. The minimum absolute atomic E-state index is 0.125. The number of aliphatic hydroxyl groups is 1. The van der Waals surface area contributed by atoms with Gasteiger partial charge in [0.25, 0.3) is 0 Å². The van der Waals surface area contributed by atoms with Crippen LogP contribution in [0.3, 0.4) is 0 Å². The number of fused-ring (bicyclic) bond motifs is 1. The third-order valence-corrected chi connectivity index (χ3v) is 1.96. The van der Waals surface area contributed by atoms with Crippen LogP contribution in [0.15, 0.2) is 17.1 Å². The minimum Gasteiger partial charge on any atom is -0.379 e. The Hall–Kier alpha value is -0.670. The number of aliphatic hydroxyl groups excluding tert-OH is 1. The molecule has 0 saturated carbocycles. The van der Waals surface area contributed by atoms with E-state index in [1.54, 1.807) is 6.21 Å². The van der Waals surface area contributed by atoms with E-state index in [0.29, 0.717) is 5.92 Å². The van der Waals surface area contributed by atoms with Crippen LogP contribution in [0.25, 0.3) is 0 Å². The van der Waals surface area contributed by atoms with Crippen LogP contribution in [0.2, 0.25) is 0 Å². The highest BCUT2D eigenvalue weighted by molar-refractivity contribution is 5.72. The van der Waals surface area contributed by atoms with Gasteiger partial charge in [-0.25, -0.2) is 0 Å². The van der Waals surface area contributed by atoms with Crippen molar-refractivity contribution in [2.24, 2.45) is 10.9 Å². The van der Waals surface area contributed by atoms with E-state index < -0.39 is 0 Å². The molecule has 1 fully saturated rings. The Balaban J connectivity index is 2.14. The van der Waals surface area contributed by atoms with Crippen molar-refractivity contribution in [2.75, 3.05) is 0 Å². The van der Waals surface area contributed by atoms with Crippen molar-refractivity contribution in [3.63, 3.8) is 0 Å². The average molecular weight is 138 g/mol. The van der Waals surface area contributed by atoms with Gasteiger partial charge in [-0.3, -0.25) is 10.3 Å². The topological polar surface area (TPSA) is 44.6 Å². The summed E-state index contributed by atoms with van der Waals surface area (Å²) in [5.74, 6) is 0.403. The molecular weight excluding hydrogens is 128 g/mol. The van der Waals surface area contributed by atoms with E-state index >= 15 is 0 Å². The zero-order chi connectivity index (χ0) is 6.97. The third kappa shape index (κ3) is 0.874. The van der Waals surface area contributed by atoms with Crippen LogP contribution in [0, 0.1) is 5.92 Å². The van der Waals surface area contributed by atoms with E-state index in [0.717, 1.165) is 6.42 Å². The molecule has 0 aliphatic carbocycles. The van der Waals surface area contributed by atoms with Crippen molar-refractivity contribution in [1.82, 2.24) is 5.32 Å². The molecule has 3 heteroatoms. The number of rotatable bonds is 0. The van der Waals surface area contributed by atoms with Crippen molar-refractivity contribution >= 4 is 6.21 Å². The molecule has 0 aromatic rings. The Morgan fingerprint density at radius 1 is 1.60 bits per heavy atom. The molecule has 3 nitrogen and oxygen atoms in total. The third-order valence-electron chi connectivity index (χ3n) is 1.96. The standard InChI is InChI=1S/C7H10N2O/c10-6-4-5-2-1-3-8-7(5)9-6/h1-3,5-7,9-10H,4H2. The van der Waals surface area contributed by atoms with Crippen LogP contribution in [-0.2, 0) is 0 Å². The van der Waals surface area contributed by atoms with E-state index in [1.165, 1.54) is 0 Å². The monoisotopic (exact) mass is 138 g/mol. The van der Waals surface area contributed by atoms with Crippen molar-refractivity contribution in [1.29, 1.82) is 0 Å². The average Bonchev–Trinajstić information content (AvgIpc) is 2.27. The summed E-state index contributed by atoms with van der Waals surface area (Å²) in [6, 6.07) is 0. The van der Waals surface area contributed by atoms with Gasteiger partial charge in [-0.2, -0.15) is 0 Å². The maximum Gasteiger partial charge on any atom is 0.108 e. The van der Waals surface area contributed by atoms with Gasteiger partial charge in [0, 0.05) is 12.1 Å². The first-order valence-electron chi connectivity index (χ1n) is 3.50. The SMILES string of the molecule is OC1CC2C=CC=NC2N1. The van der Waals surface area contributed by atoms with E-state index in [-0.39, 0.29) is 12.4 Å². The molecule has 2 rings (SSSR count). The van der Waals surface area contributed by atoms with E-state index in [9.17, 15) is 0 Å². The molecule has 2 aliphatic rings. The largest absolute Gasteiger partial charge is 0.379 e. The molecule has 3 atom stereocenters. The Morgan fingerprint density at radius 2 is 2.50 bits per heavy atom. The van der Waals surface area contributed by atoms with Crippen LogP contribution in [-0.4, -0.2) is 23.7 Å². The van der Waals surface area contributed by atoms with E-state index in [2.05, 4.69) is 16.4 Å². The first-order valence-corrected chi connectivity index (χ1v) is 3.50. The van der Waals surface area contributed by atoms with Gasteiger partial charge < -0.3 is 5.11 Å². The van der Waals surface area contributed by atoms with Crippen molar-refractivity contribution in [3.8, 4) is 0 Å². The lowest BCUT2D eigenvalue weighted by Gasteiger charge is -2.12. The number of allylic oxidation sites excluding steroid dienone is 1. The summed E-state index contributed by atoms with van der Waals surface area (Å²) in [6.45, 7) is 0. The van der Waals surface area contributed by atoms with Crippen molar-refractivity contribution < 1.29 is 5.11 Å². The molecule has 0 bridgehead atoms. The summed E-state index contributed by atoms with van der Waals surface area (Å²) in [5.41, 5.74) is 0. The van der Waals surface area contributed by atoms with E-state index in [4.69, 9.17) is 5.11 Å². The van der Waals surface area contributed by atoms with E-state index in [1.807, 2.05) is 6.08 Å². The molecule has 3 unspecified atom stereocenters. The predicted molar refractivity (Wildman–Crippen MR) is 38.7 cm³/mol. The summed E-state index contributed by atoms with van der Waals surface area (Å²) in [7, 11) is 0. The molecule has 2 heterocycles. The minimum atomic E-state index is -0.366. The Morgan fingerprint density at radius 3 is 3.30 bits per heavy atom. The van der Waals surface area contributed by atoms with Crippen LogP contribution in [0.4, 0.5) is 0 Å². The smallest absolute Gasteiger partial charge is 0.108 e. The first-order chi connectivity index (χ1) is 4.86. The van der Waals surface area contributed by atoms with Gasteiger partial charge in [0.2, 0.25) is 0 Å². The lowest BCUT2D eigenvalue weighted by Crippen LogP contribution is -2.29. The van der Waals surface area contributed by atoms with Gasteiger partial charge in [0.05, 0.1) is 0 Å². The number of hydrogen-bond donors (Lipinski definition) is 2. The molecule has 0 aromatic heterocycles. The normalized spacial score (nSPS) is 43.9. The number of hydrogen-bond acceptors (Lipinski definition) is 3. The fraction of sp³-hybridized carbons (Fsp3) is 0.571. The van der Waals surface area contributed by atoms with Crippen LogP contribution in [0.5, 0.6) is 0 Å². The molecule has 10 heavy (non-hydrogen) atoms. The van der Waals surface area contributed by atoms with Crippen molar-refractivity contribution in [2.45, 2.75) is 18.8 Å². The maximum atomic E-state index is 9.14. The Bertz CT molecular complexity index is 168. The van der Waals surface area contributed by atoms with Gasteiger partial charge >= 0.3 is 0 Å². The second-order valence-electron chi connectivity index (χ2n) is 2.71. The second kappa shape index (κ2) is 2.18. The lowest BCUT2D eigenvalue weighted by atomic mass is 10.0. The van der Waals surface area contributed by atoms with Gasteiger partial charge in [0.15, 0.2) is 0 Å². The summed E-state index contributed by atoms with van der Waals surface area (Å²) in [4.78, 5) is 4.16. The molecule has 0 aromatic carbocycles. The molecule has 1 saturated heterocycles. The highest BCUT2D eigenvalue weighted by atomic mass is 16.3. The zero-order valence-corrected chi connectivity index (χ0v) is 5.57. The van der Waals surface area contributed by atoms with Crippen LogP contribution >= 0.6 is 0 Å². The highest BCUT2D eigenvalue weighted by Crippen LogP contribution is 2.22. The molecule has 54 valence electrons. The number of nitrogens with one attached hydrogen (secondary N) is 1. The van der Waals surface area contributed by atoms with Crippen molar-refractivity contribution in [3.05, 3.63) is 12.2 Å². The molecular formula is C7H10N2O. The molecule has 0 amide bonds. The number of nitrogens with zero attached hydrogens (tertiary/aromatic N) is 1. The molecule has 2 N–H and O–H groups in total. The van der Waals surface area contributed by atoms with Crippen LogP contribution < -0.4 is 5.32 Å². The van der Waals surface area contributed by atoms with Crippen LogP contribution in [0.1, 0.15) is 6.42 Å². The highest BCUT2D eigenvalue weighted by Gasteiger charge is 2.30. The summed E-state index contributed by atoms with van der Waals surface area (Å²) < 4.78 is 0. The first kappa shape index (κ1) is 6.07. The number of dihydropyridines is 1. The van der Waals surface area contributed by atoms with Gasteiger partial charge in [-0.1, -0.05) is 6.08 Å². The van der Waals surface area contributed by atoms with Gasteiger partial charge in [-0.05, 0) is 12.5 Å². The Kier molecular flexibility index (Phi) is 1.32. The lowest BCUT2D eigenvalue weighted by molar-refractivity contribution is 0.154. The maximum absolute atomic E-state index is 9.14.